The van der Waals surface area contributed by atoms with Gasteiger partial charge in [0.25, 0.3) is 0 Å². The average Bonchev–Trinajstić information content (AvgIpc) is 3.42. The molecule has 0 radical (unpaired) electrons. The highest BCUT2D eigenvalue weighted by atomic mass is 35.5. The van der Waals surface area contributed by atoms with Crippen LogP contribution in [-0.4, -0.2) is 51.1 Å². The Labute approximate surface area is 226 Å². The number of halogens is 1. The lowest BCUT2D eigenvalue weighted by molar-refractivity contribution is 0.00578. The second-order valence-corrected chi connectivity index (χ2v) is 10.6. The number of pyridine rings is 1. The number of anilines is 1. The molecule has 1 aliphatic heterocycles. The van der Waals surface area contributed by atoms with Gasteiger partial charge in [-0.05, 0) is 69.6 Å². The molecule has 38 heavy (non-hydrogen) atoms. The van der Waals surface area contributed by atoms with Crippen LogP contribution in [0.1, 0.15) is 43.7 Å². The molecule has 0 saturated carbocycles. The lowest BCUT2D eigenvalue weighted by Gasteiger charge is -2.32. The summed E-state index contributed by atoms with van der Waals surface area (Å²) in [7, 11) is -0.620. The second-order valence-electron chi connectivity index (χ2n) is 10.2. The van der Waals surface area contributed by atoms with Crippen molar-refractivity contribution in [3.8, 4) is 5.75 Å². The number of benzene rings is 2. The van der Waals surface area contributed by atoms with Crippen LogP contribution in [0, 0.1) is 0 Å². The molecule has 2 aromatic heterocycles. The summed E-state index contributed by atoms with van der Waals surface area (Å²) in [6, 6.07) is 12.9. The van der Waals surface area contributed by atoms with Crippen molar-refractivity contribution >= 4 is 47.1 Å². The van der Waals surface area contributed by atoms with Gasteiger partial charge in [-0.1, -0.05) is 22.9 Å². The SMILES string of the molecule is CC1(C)OB(c2ccc(OCc3cn(CCNc4ccnc5cc(Cl)ccc45)nn3)cc2C=O)OC1(C)C. The molecule has 1 N–H and O–H groups in total. The Kier molecular flexibility index (Phi) is 7.13. The molecule has 3 heterocycles. The summed E-state index contributed by atoms with van der Waals surface area (Å²) in [5, 5.41) is 13.5. The molecule has 4 aromatic rings. The first-order valence-electron chi connectivity index (χ1n) is 12.4. The lowest BCUT2D eigenvalue weighted by Crippen LogP contribution is -2.41. The van der Waals surface area contributed by atoms with Crippen LogP contribution in [0.25, 0.3) is 10.9 Å². The van der Waals surface area contributed by atoms with Gasteiger partial charge >= 0.3 is 7.12 Å². The summed E-state index contributed by atoms with van der Waals surface area (Å²) in [6.07, 6.45) is 4.38. The Bertz CT molecular complexity index is 1460. The van der Waals surface area contributed by atoms with Crippen molar-refractivity contribution in [1.29, 1.82) is 0 Å². The van der Waals surface area contributed by atoms with Gasteiger partial charge in [0.15, 0.2) is 0 Å². The van der Waals surface area contributed by atoms with E-state index in [0.717, 1.165) is 22.9 Å². The lowest BCUT2D eigenvalue weighted by atomic mass is 9.76. The standard InChI is InChI=1S/C27H29BClN5O4/c1-26(2)27(3,4)38-28(37-26)23-8-6-21(13-18(23)16-35)36-17-20-15-34(33-32-20)12-11-31-24-9-10-30-25-14-19(29)5-7-22(24)25/h5-10,13-16H,11-12,17H2,1-4H3,(H,30,31). The van der Waals surface area contributed by atoms with Crippen LogP contribution in [0.2, 0.25) is 5.02 Å². The number of nitrogens with one attached hydrogen (secondary N) is 1. The molecule has 9 nitrogen and oxygen atoms in total. The number of nitrogens with zero attached hydrogens (tertiary/aromatic N) is 4. The van der Waals surface area contributed by atoms with E-state index in [1.54, 1.807) is 29.1 Å². The van der Waals surface area contributed by atoms with Crippen LogP contribution in [0.15, 0.2) is 54.9 Å². The van der Waals surface area contributed by atoms with Gasteiger partial charge in [0.1, 0.15) is 24.3 Å². The molecule has 0 bridgehead atoms. The zero-order valence-electron chi connectivity index (χ0n) is 21.8. The average molecular weight is 534 g/mol. The van der Waals surface area contributed by atoms with Crippen LogP contribution in [0.5, 0.6) is 5.75 Å². The maximum absolute atomic E-state index is 11.8. The van der Waals surface area contributed by atoms with Crippen molar-refractivity contribution in [2.24, 2.45) is 0 Å². The predicted octanol–water partition coefficient (Wildman–Crippen LogP) is 4.28. The number of aldehydes is 1. The number of ether oxygens (including phenoxy) is 1. The molecular formula is C27H29BClN5O4. The number of hydrogen-bond acceptors (Lipinski definition) is 8. The maximum atomic E-state index is 11.8. The predicted molar refractivity (Wildman–Crippen MR) is 147 cm³/mol. The Balaban J connectivity index is 1.17. The van der Waals surface area contributed by atoms with Gasteiger partial charge < -0.3 is 19.4 Å². The molecular weight excluding hydrogens is 505 g/mol. The minimum atomic E-state index is -0.620. The summed E-state index contributed by atoms with van der Waals surface area (Å²) in [6.45, 7) is 9.39. The number of hydrogen-bond donors (Lipinski definition) is 1. The summed E-state index contributed by atoms with van der Waals surface area (Å²) in [5.74, 6) is 0.549. The molecule has 11 heteroatoms. The van der Waals surface area contributed by atoms with Gasteiger partial charge in [-0.2, -0.15) is 0 Å². The van der Waals surface area contributed by atoms with E-state index in [2.05, 4.69) is 20.6 Å². The molecule has 1 aliphatic rings. The van der Waals surface area contributed by atoms with E-state index in [0.29, 0.717) is 40.6 Å². The normalized spacial score (nSPS) is 16.1. The van der Waals surface area contributed by atoms with Crippen molar-refractivity contribution in [2.45, 2.75) is 52.0 Å². The zero-order chi connectivity index (χ0) is 26.9. The van der Waals surface area contributed by atoms with Crippen molar-refractivity contribution in [2.75, 3.05) is 11.9 Å². The first-order chi connectivity index (χ1) is 18.1. The van der Waals surface area contributed by atoms with Gasteiger partial charge in [0.2, 0.25) is 0 Å². The zero-order valence-corrected chi connectivity index (χ0v) is 22.5. The number of carbonyl (C=O) groups is 1. The molecule has 1 fully saturated rings. The molecule has 5 rings (SSSR count). The van der Waals surface area contributed by atoms with Crippen molar-refractivity contribution in [3.63, 3.8) is 0 Å². The molecule has 0 unspecified atom stereocenters. The molecule has 0 spiro atoms. The first-order valence-corrected chi connectivity index (χ1v) is 12.8. The van der Waals surface area contributed by atoms with Crippen LogP contribution >= 0.6 is 11.6 Å². The summed E-state index contributed by atoms with van der Waals surface area (Å²) in [5.41, 5.74) is 2.64. The van der Waals surface area contributed by atoms with Crippen LogP contribution in [0.4, 0.5) is 5.69 Å². The van der Waals surface area contributed by atoms with E-state index in [1.807, 2.05) is 58.2 Å². The summed E-state index contributed by atoms with van der Waals surface area (Å²) < 4.78 is 19.8. The van der Waals surface area contributed by atoms with Crippen LogP contribution in [-0.2, 0) is 22.5 Å². The maximum Gasteiger partial charge on any atom is 0.495 e. The highest BCUT2D eigenvalue weighted by Gasteiger charge is 2.52. The monoisotopic (exact) mass is 533 g/mol. The second kappa shape index (κ2) is 10.4. The van der Waals surface area contributed by atoms with E-state index < -0.39 is 18.3 Å². The van der Waals surface area contributed by atoms with Crippen LogP contribution < -0.4 is 15.5 Å². The third-order valence-electron chi connectivity index (χ3n) is 7.03. The minimum Gasteiger partial charge on any atom is -0.487 e. The molecule has 0 aliphatic carbocycles. The first kappa shape index (κ1) is 26.2. The van der Waals surface area contributed by atoms with Gasteiger partial charge in [0.05, 0.1) is 29.5 Å². The highest BCUT2D eigenvalue weighted by molar-refractivity contribution is 6.63. The van der Waals surface area contributed by atoms with E-state index >= 15 is 0 Å². The van der Waals surface area contributed by atoms with Gasteiger partial charge in [-0.15, -0.1) is 5.10 Å². The fourth-order valence-electron chi connectivity index (χ4n) is 4.18. The fourth-order valence-corrected chi connectivity index (χ4v) is 4.35. The third-order valence-corrected chi connectivity index (χ3v) is 7.26. The van der Waals surface area contributed by atoms with Gasteiger partial charge in [0, 0.05) is 34.4 Å². The molecule has 196 valence electrons. The van der Waals surface area contributed by atoms with E-state index in [9.17, 15) is 4.79 Å². The van der Waals surface area contributed by atoms with Crippen molar-refractivity contribution < 1.29 is 18.8 Å². The highest BCUT2D eigenvalue weighted by Crippen LogP contribution is 2.36. The number of aromatic nitrogens is 4. The van der Waals surface area contributed by atoms with E-state index in [1.165, 1.54) is 0 Å². The molecule has 1 saturated heterocycles. The Hall–Kier alpha value is -3.47. The minimum absolute atomic E-state index is 0.220. The topological polar surface area (TPSA) is 100 Å². The molecule has 0 amide bonds. The van der Waals surface area contributed by atoms with Crippen molar-refractivity contribution in [1.82, 2.24) is 20.0 Å². The smallest absolute Gasteiger partial charge is 0.487 e. The van der Waals surface area contributed by atoms with E-state index in [4.69, 9.17) is 25.6 Å². The van der Waals surface area contributed by atoms with E-state index in [-0.39, 0.29) is 6.61 Å². The molecule has 2 aromatic carbocycles. The van der Waals surface area contributed by atoms with Gasteiger partial charge in [-0.25, -0.2) is 0 Å². The van der Waals surface area contributed by atoms with Crippen LogP contribution in [0.3, 0.4) is 0 Å². The Morgan fingerprint density at radius 1 is 1.11 bits per heavy atom. The van der Waals surface area contributed by atoms with Crippen molar-refractivity contribution in [3.05, 3.63) is 71.1 Å². The Morgan fingerprint density at radius 3 is 2.66 bits per heavy atom. The quantitative estimate of drug-likeness (QED) is 0.251. The number of fused-ring (bicyclic) bond motifs is 1. The summed E-state index contributed by atoms with van der Waals surface area (Å²) >= 11 is 6.08. The largest absolute Gasteiger partial charge is 0.495 e. The Morgan fingerprint density at radius 2 is 1.89 bits per heavy atom. The van der Waals surface area contributed by atoms with Gasteiger partial charge in [-0.3, -0.25) is 14.5 Å². The fraction of sp³-hybridized carbons (Fsp3) is 0.333. The number of rotatable bonds is 9. The summed E-state index contributed by atoms with van der Waals surface area (Å²) in [4.78, 5) is 16.2. The molecule has 0 atom stereocenters. The number of carbonyl (C=O) groups excluding carboxylic acids is 1. The third kappa shape index (κ3) is 5.38.